The number of fused-ring (bicyclic) bond motifs is 1. The average Bonchev–Trinajstić information content (AvgIpc) is 3.39. The van der Waals surface area contributed by atoms with E-state index in [0.29, 0.717) is 6.54 Å². The van der Waals surface area contributed by atoms with Crippen LogP contribution in [0.1, 0.15) is 23.6 Å². The number of benzene rings is 2. The molecule has 0 fully saturated rings. The summed E-state index contributed by atoms with van der Waals surface area (Å²) in [6.45, 7) is 3.50. The molecule has 0 unspecified atom stereocenters. The molecule has 6 heteroatoms. The van der Waals surface area contributed by atoms with Crippen molar-refractivity contribution in [1.82, 2.24) is 19.9 Å². The van der Waals surface area contributed by atoms with E-state index < -0.39 is 0 Å². The number of para-hydroxylation sites is 1. The second-order valence-corrected chi connectivity index (χ2v) is 7.07. The highest BCUT2D eigenvalue weighted by atomic mass is 16.2. The van der Waals surface area contributed by atoms with E-state index in [2.05, 4.69) is 45.7 Å². The van der Waals surface area contributed by atoms with Gasteiger partial charge in [0.25, 0.3) is 0 Å². The number of rotatable bonds is 7. The number of aromatic amines is 1. The number of amides is 2. The van der Waals surface area contributed by atoms with E-state index in [-0.39, 0.29) is 6.03 Å². The van der Waals surface area contributed by atoms with E-state index in [4.69, 9.17) is 0 Å². The highest BCUT2D eigenvalue weighted by Gasteiger charge is 2.07. The topological polar surface area (TPSA) is 74.7 Å². The first kappa shape index (κ1) is 18.8. The van der Waals surface area contributed by atoms with Gasteiger partial charge in [0.05, 0.1) is 6.33 Å². The molecule has 0 spiro atoms. The van der Waals surface area contributed by atoms with Crippen LogP contribution in [-0.2, 0) is 19.4 Å². The number of imidazole rings is 1. The van der Waals surface area contributed by atoms with Crippen LogP contribution in [0.15, 0.2) is 67.4 Å². The van der Waals surface area contributed by atoms with E-state index in [1.165, 1.54) is 22.0 Å². The number of anilines is 1. The molecule has 4 aromatic rings. The molecule has 6 nitrogen and oxygen atoms in total. The standard InChI is InChI=1S/C23H25N5O/c1-2-18-4-3-5-21-19(14-26-22(18)21)10-11-25-23(29)27-20-8-6-17(7-9-20)15-28-13-12-24-16-28/h3-9,12-14,16,26H,2,10-11,15H2,1H3,(H2,25,27,29). The number of carbonyl (C=O) groups excluding carboxylic acids is 1. The predicted octanol–water partition coefficient (Wildman–Crippen LogP) is 4.34. The first-order valence-corrected chi connectivity index (χ1v) is 9.90. The quantitative estimate of drug-likeness (QED) is 0.441. The molecule has 0 aliphatic heterocycles. The Morgan fingerprint density at radius 1 is 1.14 bits per heavy atom. The summed E-state index contributed by atoms with van der Waals surface area (Å²) in [5.41, 5.74) is 5.66. The Morgan fingerprint density at radius 2 is 2.00 bits per heavy atom. The predicted molar refractivity (Wildman–Crippen MR) is 116 cm³/mol. The highest BCUT2D eigenvalue weighted by Crippen LogP contribution is 2.22. The summed E-state index contributed by atoms with van der Waals surface area (Å²) < 4.78 is 2.00. The Bertz CT molecular complexity index is 1080. The third-order valence-corrected chi connectivity index (χ3v) is 5.08. The molecule has 3 N–H and O–H groups in total. The van der Waals surface area contributed by atoms with Crippen LogP contribution in [0.2, 0.25) is 0 Å². The molecule has 2 amide bonds. The van der Waals surface area contributed by atoms with Gasteiger partial charge in [-0.1, -0.05) is 37.3 Å². The zero-order valence-electron chi connectivity index (χ0n) is 16.5. The summed E-state index contributed by atoms with van der Waals surface area (Å²) in [5.74, 6) is 0. The van der Waals surface area contributed by atoms with Gasteiger partial charge in [0.1, 0.15) is 0 Å². The van der Waals surface area contributed by atoms with Gasteiger partial charge >= 0.3 is 6.03 Å². The van der Waals surface area contributed by atoms with Crippen LogP contribution in [-0.4, -0.2) is 27.1 Å². The summed E-state index contributed by atoms with van der Waals surface area (Å²) in [6, 6.07) is 14.0. The number of H-pyrrole nitrogens is 1. The minimum absolute atomic E-state index is 0.193. The Labute approximate surface area is 170 Å². The fourth-order valence-corrected chi connectivity index (χ4v) is 3.55. The third-order valence-electron chi connectivity index (χ3n) is 5.08. The first-order valence-electron chi connectivity index (χ1n) is 9.90. The Balaban J connectivity index is 1.28. The summed E-state index contributed by atoms with van der Waals surface area (Å²) in [5, 5.41) is 7.06. The molecule has 0 bridgehead atoms. The van der Waals surface area contributed by atoms with Gasteiger partial charge in [-0.25, -0.2) is 9.78 Å². The summed E-state index contributed by atoms with van der Waals surface area (Å²) in [4.78, 5) is 19.6. The molecular weight excluding hydrogens is 362 g/mol. The second-order valence-electron chi connectivity index (χ2n) is 7.07. The molecule has 0 radical (unpaired) electrons. The number of urea groups is 1. The highest BCUT2D eigenvalue weighted by molar-refractivity contribution is 5.89. The van der Waals surface area contributed by atoms with Crippen molar-refractivity contribution in [2.75, 3.05) is 11.9 Å². The molecular formula is C23H25N5O. The van der Waals surface area contributed by atoms with E-state index in [1.54, 1.807) is 12.5 Å². The van der Waals surface area contributed by atoms with Crippen molar-refractivity contribution in [3.05, 3.63) is 84.1 Å². The molecule has 2 aromatic carbocycles. The lowest BCUT2D eigenvalue weighted by molar-refractivity contribution is 0.252. The maximum Gasteiger partial charge on any atom is 0.319 e. The van der Waals surface area contributed by atoms with Gasteiger partial charge in [0, 0.05) is 48.3 Å². The molecule has 0 aliphatic carbocycles. The van der Waals surface area contributed by atoms with Crippen molar-refractivity contribution in [1.29, 1.82) is 0 Å². The van der Waals surface area contributed by atoms with E-state index in [1.807, 2.05) is 41.2 Å². The number of hydrogen-bond acceptors (Lipinski definition) is 2. The molecule has 148 valence electrons. The Hall–Kier alpha value is -3.54. The summed E-state index contributed by atoms with van der Waals surface area (Å²) >= 11 is 0. The van der Waals surface area contributed by atoms with Gasteiger partial charge in [-0.15, -0.1) is 0 Å². The zero-order chi connectivity index (χ0) is 20.1. The summed E-state index contributed by atoms with van der Waals surface area (Å²) in [6.07, 6.45) is 9.30. The van der Waals surface area contributed by atoms with Gasteiger partial charge < -0.3 is 20.2 Å². The second kappa shape index (κ2) is 8.65. The molecule has 0 saturated carbocycles. The molecule has 2 heterocycles. The number of nitrogens with zero attached hydrogens (tertiary/aromatic N) is 2. The molecule has 0 atom stereocenters. The normalized spacial score (nSPS) is 10.9. The van der Waals surface area contributed by atoms with Gasteiger partial charge in [-0.2, -0.15) is 0 Å². The van der Waals surface area contributed by atoms with Crippen LogP contribution < -0.4 is 10.6 Å². The van der Waals surface area contributed by atoms with Crippen LogP contribution in [0.25, 0.3) is 10.9 Å². The SMILES string of the molecule is CCc1cccc2c(CCNC(=O)Nc3ccc(Cn4ccnc4)cc3)c[nH]c12. The van der Waals surface area contributed by atoms with Crippen LogP contribution in [0.4, 0.5) is 10.5 Å². The number of carbonyl (C=O) groups is 1. The molecule has 0 saturated heterocycles. The summed E-state index contributed by atoms with van der Waals surface area (Å²) in [7, 11) is 0. The van der Waals surface area contributed by atoms with Crippen LogP contribution in [0.3, 0.4) is 0 Å². The van der Waals surface area contributed by atoms with E-state index in [9.17, 15) is 4.79 Å². The van der Waals surface area contributed by atoms with Crippen molar-refractivity contribution < 1.29 is 4.79 Å². The number of nitrogens with one attached hydrogen (secondary N) is 3. The number of aromatic nitrogens is 3. The maximum atomic E-state index is 12.2. The van der Waals surface area contributed by atoms with Crippen molar-refractivity contribution in [3.63, 3.8) is 0 Å². The van der Waals surface area contributed by atoms with Crippen molar-refractivity contribution in [2.45, 2.75) is 26.3 Å². The van der Waals surface area contributed by atoms with Gasteiger partial charge in [0.15, 0.2) is 0 Å². The average molecular weight is 387 g/mol. The lowest BCUT2D eigenvalue weighted by atomic mass is 10.1. The fourth-order valence-electron chi connectivity index (χ4n) is 3.55. The van der Waals surface area contributed by atoms with Crippen molar-refractivity contribution in [2.24, 2.45) is 0 Å². The maximum absolute atomic E-state index is 12.2. The van der Waals surface area contributed by atoms with Gasteiger partial charge in [0.2, 0.25) is 0 Å². The lowest BCUT2D eigenvalue weighted by Crippen LogP contribution is -2.30. The van der Waals surface area contributed by atoms with Gasteiger partial charge in [-0.3, -0.25) is 0 Å². The van der Waals surface area contributed by atoms with Crippen molar-refractivity contribution >= 4 is 22.6 Å². The number of hydrogen-bond donors (Lipinski definition) is 3. The minimum Gasteiger partial charge on any atom is -0.361 e. The smallest absolute Gasteiger partial charge is 0.319 e. The van der Waals surface area contributed by atoms with Crippen LogP contribution in [0, 0.1) is 0 Å². The third kappa shape index (κ3) is 4.48. The molecule has 4 rings (SSSR count). The zero-order valence-corrected chi connectivity index (χ0v) is 16.5. The molecule has 29 heavy (non-hydrogen) atoms. The van der Waals surface area contributed by atoms with Gasteiger partial charge in [-0.05, 0) is 41.7 Å². The van der Waals surface area contributed by atoms with Crippen molar-refractivity contribution in [3.8, 4) is 0 Å². The largest absolute Gasteiger partial charge is 0.361 e. The van der Waals surface area contributed by atoms with E-state index >= 15 is 0 Å². The molecule has 2 aromatic heterocycles. The minimum atomic E-state index is -0.193. The fraction of sp³-hybridized carbons (Fsp3) is 0.217. The van der Waals surface area contributed by atoms with Crippen LogP contribution >= 0.6 is 0 Å². The Kier molecular flexibility index (Phi) is 5.61. The number of aryl methyl sites for hydroxylation is 1. The van der Waals surface area contributed by atoms with E-state index in [0.717, 1.165) is 30.6 Å². The Morgan fingerprint density at radius 3 is 2.76 bits per heavy atom. The lowest BCUT2D eigenvalue weighted by Gasteiger charge is -2.09. The molecule has 0 aliphatic rings. The monoisotopic (exact) mass is 387 g/mol. The van der Waals surface area contributed by atoms with Crippen LogP contribution in [0.5, 0.6) is 0 Å². The first-order chi connectivity index (χ1) is 14.2.